The number of ether oxygens (including phenoxy) is 3. The zero-order chi connectivity index (χ0) is 19.0. The highest BCUT2D eigenvalue weighted by Gasteiger charge is 2.29. The molecule has 4 rings (SSSR count). The first kappa shape index (κ1) is 18.0. The molecule has 2 aromatic carbocycles. The van der Waals surface area contributed by atoms with Gasteiger partial charge in [0.05, 0.1) is 6.61 Å². The smallest absolute Gasteiger partial charge is 0.261 e. The molecule has 0 radical (unpaired) electrons. The molecule has 0 aliphatic carbocycles. The number of nitrogens with one attached hydrogen (secondary N) is 1. The summed E-state index contributed by atoms with van der Waals surface area (Å²) in [6.07, 6.45) is 1.01. The van der Waals surface area contributed by atoms with E-state index in [1.165, 1.54) is 0 Å². The van der Waals surface area contributed by atoms with Crippen molar-refractivity contribution >= 4 is 17.5 Å². The van der Waals surface area contributed by atoms with Crippen molar-refractivity contribution in [1.29, 1.82) is 0 Å². The number of rotatable bonds is 5. The van der Waals surface area contributed by atoms with Gasteiger partial charge in [-0.1, -0.05) is 11.6 Å². The van der Waals surface area contributed by atoms with E-state index in [9.17, 15) is 4.79 Å². The molecule has 2 aliphatic heterocycles. The van der Waals surface area contributed by atoms with Crippen LogP contribution in [0.15, 0.2) is 30.3 Å². The maximum atomic E-state index is 12.6. The minimum absolute atomic E-state index is 0.153. The largest absolute Gasteiger partial charge is 0.494 e. The lowest BCUT2D eigenvalue weighted by Crippen LogP contribution is -2.37. The van der Waals surface area contributed by atoms with Crippen LogP contribution in [0.25, 0.3) is 0 Å². The van der Waals surface area contributed by atoms with Crippen LogP contribution in [0, 0.1) is 0 Å². The van der Waals surface area contributed by atoms with Crippen LogP contribution in [0.1, 0.15) is 30.5 Å². The summed E-state index contributed by atoms with van der Waals surface area (Å²) in [7, 11) is 0. The number of fused-ring (bicyclic) bond motifs is 2. The molecule has 5 nitrogen and oxygen atoms in total. The number of amides is 1. The van der Waals surface area contributed by atoms with E-state index in [2.05, 4.69) is 5.32 Å². The van der Waals surface area contributed by atoms with E-state index in [-0.39, 0.29) is 12.0 Å². The van der Waals surface area contributed by atoms with Crippen LogP contribution in [-0.2, 0) is 24.2 Å². The molecule has 0 aromatic heterocycles. The summed E-state index contributed by atoms with van der Waals surface area (Å²) < 4.78 is 17.4. The molecule has 0 saturated heterocycles. The Morgan fingerprint density at radius 3 is 2.81 bits per heavy atom. The fraction of sp³-hybridized carbons (Fsp3) is 0.381. The van der Waals surface area contributed by atoms with Crippen molar-refractivity contribution < 1.29 is 19.0 Å². The molecule has 2 atom stereocenters. The molecular weight excluding hydrogens is 366 g/mol. The maximum Gasteiger partial charge on any atom is 0.261 e. The summed E-state index contributed by atoms with van der Waals surface area (Å²) in [6, 6.07) is 9.40. The standard InChI is InChI=1S/C21H22ClNO4/c1-3-25-18-8-13-6-12(2)26-19(13)10-15(18)11-23-21(24)20-9-14-7-16(22)4-5-17(14)27-20/h4-5,7-8,10,12,20H,3,6,9,11H2,1-2H3,(H,23,24)/t12-,20+/m0/s1. The second-order valence-electron chi connectivity index (χ2n) is 6.91. The number of carbonyl (C=O) groups is 1. The van der Waals surface area contributed by atoms with Crippen molar-refractivity contribution in [1.82, 2.24) is 5.32 Å². The first-order valence-corrected chi connectivity index (χ1v) is 9.59. The molecule has 6 heteroatoms. The SMILES string of the molecule is CCOc1cc2c(cc1CNC(=O)[C@H]1Cc3cc(Cl)ccc3O1)O[C@@H](C)C2. The lowest BCUT2D eigenvalue weighted by molar-refractivity contribution is -0.127. The third kappa shape index (κ3) is 3.69. The van der Waals surface area contributed by atoms with E-state index in [0.717, 1.165) is 40.4 Å². The van der Waals surface area contributed by atoms with Gasteiger partial charge in [-0.15, -0.1) is 0 Å². The third-order valence-corrected chi connectivity index (χ3v) is 5.06. The number of halogens is 1. The molecule has 2 heterocycles. The molecular formula is C21H22ClNO4. The summed E-state index contributed by atoms with van der Waals surface area (Å²) >= 11 is 6.01. The van der Waals surface area contributed by atoms with Crippen molar-refractivity contribution in [2.24, 2.45) is 0 Å². The Labute approximate surface area is 163 Å². The zero-order valence-electron chi connectivity index (χ0n) is 15.4. The van der Waals surface area contributed by atoms with Crippen molar-refractivity contribution in [2.45, 2.75) is 45.4 Å². The minimum atomic E-state index is -0.542. The van der Waals surface area contributed by atoms with Gasteiger partial charge < -0.3 is 19.5 Å². The number of hydrogen-bond acceptors (Lipinski definition) is 4. The Bertz CT molecular complexity index is 883. The number of carbonyl (C=O) groups excluding carboxylic acids is 1. The summed E-state index contributed by atoms with van der Waals surface area (Å²) in [5, 5.41) is 3.60. The second kappa shape index (κ2) is 7.31. The van der Waals surface area contributed by atoms with Crippen LogP contribution < -0.4 is 19.5 Å². The average Bonchev–Trinajstić information content (AvgIpc) is 3.21. The average molecular weight is 388 g/mol. The van der Waals surface area contributed by atoms with E-state index in [1.54, 1.807) is 12.1 Å². The second-order valence-corrected chi connectivity index (χ2v) is 7.35. The maximum absolute atomic E-state index is 12.6. The lowest BCUT2D eigenvalue weighted by Gasteiger charge is -2.15. The molecule has 2 aliphatic rings. The highest BCUT2D eigenvalue weighted by molar-refractivity contribution is 6.30. The van der Waals surface area contributed by atoms with E-state index in [0.29, 0.717) is 24.6 Å². The Morgan fingerprint density at radius 1 is 1.19 bits per heavy atom. The first-order valence-electron chi connectivity index (χ1n) is 9.21. The molecule has 0 fully saturated rings. The summed E-state index contributed by atoms with van der Waals surface area (Å²) in [5.74, 6) is 2.22. The molecule has 0 spiro atoms. The molecule has 1 N–H and O–H groups in total. The van der Waals surface area contributed by atoms with Crippen LogP contribution in [0.4, 0.5) is 0 Å². The Kier molecular flexibility index (Phi) is 4.87. The minimum Gasteiger partial charge on any atom is -0.494 e. The quantitative estimate of drug-likeness (QED) is 0.850. The van der Waals surface area contributed by atoms with Gasteiger partial charge in [0, 0.05) is 35.5 Å². The van der Waals surface area contributed by atoms with Crippen molar-refractivity contribution in [2.75, 3.05) is 6.61 Å². The van der Waals surface area contributed by atoms with Crippen LogP contribution in [0.2, 0.25) is 5.02 Å². The van der Waals surface area contributed by atoms with Gasteiger partial charge in [0.2, 0.25) is 0 Å². The molecule has 0 unspecified atom stereocenters. The van der Waals surface area contributed by atoms with Gasteiger partial charge >= 0.3 is 0 Å². The lowest BCUT2D eigenvalue weighted by atomic mass is 10.1. The van der Waals surface area contributed by atoms with Crippen molar-refractivity contribution in [3.05, 3.63) is 52.0 Å². The van der Waals surface area contributed by atoms with Crippen LogP contribution in [-0.4, -0.2) is 24.7 Å². The molecule has 1 amide bonds. The van der Waals surface area contributed by atoms with Gasteiger partial charge in [0.25, 0.3) is 5.91 Å². The molecule has 0 bridgehead atoms. The van der Waals surface area contributed by atoms with Crippen molar-refractivity contribution in [3.63, 3.8) is 0 Å². The monoisotopic (exact) mass is 387 g/mol. The predicted octanol–water partition coefficient (Wildman–Crippen LogP) is 3.68. The Hall–Kier alpha value is -2.40. The third-order valence-electron chi connectivity index (χ3n) is 4.82. The number of hydrogen-bond donors (Lipinski definition) is 1. The van der Waals surface area contributed by atoms with Crippen LogP contribution in [0.5, 0.6) is 17.2 Å². The van der Waals surface area contributed by atoms with Crippen LogP contribution in [0.3, 0.4) is 0 Å². The van der Waals surface area contributed by atoms with Gasteiger partial charge in [-0.05, 0) is 49.7 Å². The van der Waals surface area contributed by atoms with E-state index >= 15 is 0 Å². The molecule has 2 aromatic rings. The van der Waals surface area contributed by atoms with Gasteiger partial charge in [0.1, 0.15) is 23.4 Å². The van der Waals surface area contributed by atoms with E-state index in [4.69, 9.17) is 25.8 Å². The summed E-state index contributed by atoms with van der Waals surface area (Å²) in [6.45, 7) is 4.92. The van der Waals surface area contributed by atoms with Gasteiger partial charge in [0.15, 0.2) is 6.10 Å². The fourth-order valence-corrected chi connectivity index (χ4v) is 3.76. The fourth-order valence-electron chi connectivity index (χ4n) is 3.57. The highest BCUT2D eigenvalue weighted by atomic mass is 35.5. The van der Waals surface area contributed by atoms with E-state index in [1.807, 2.05) is 32.0 Å². The summed E-state index contributed by atoms with van der Waals surface area (Å²) in [5.41, 5.74) is 3.00. The highest BCUT2D eigenvalue weighted by Crippen LogP contribution is 2.35. The Morgan fingerprint density at radius 2 is 2.00 bits per heavy atom. The van der Waals surface area contributed by atoms with Gasteiger partial charge in [-0.2, -0.15) is 0 Å². The van der Waals surface area contributed by atoms with Gasteiger partial charge in [-0.25, -0.2) is 0 Å². The predicted molar refractivity (Wildman–Crippen MR) is 103 cm³/mol. The topological polar surface area (TPSA) is 56.8 Å². The van der Waals surface area contributed by atoms with Crippen LogP contribution >= 0.6 is 11.6 Å². The summed E-state index contributed by atoms with van der Waals surface area (Å²) in [4.78, 5) is 12.6. The first-order chi connectivity index (χ1) is 13.0. The van der Waals surface area contributed by atoms with E-state index < -0.39 is 6.10 Å². The normalized spacial score (nSPS) is 19.7. The molecule has 27 heavy (non-hydrogen) atoms. The molecule has 142 valence electrons. The van der Waals surface area contributed by atoms with Gasteiger partial charge in [-0.3, -0.25) is 4.79 Å². The Balaban J connectivity index is 1.44. The van der Waals surface area contributed by atoms with Crippen molar-refractivity contribution in [3.8, 4) is 17.2 Å². The zero-order valence-corrected chi connectivity index (χ0v) is 16.1. The molecule has 0 saturated carbocycles. The number of benzene rings is 2.